The second-order valence-corrected chi connectivity index (χ2v) is 4.82. The number of carbonyl (C=O) groups excluding carboxylic acids is 2. The molecule has 12 heteroatoms. The maximum Gasteiger partial charge on any atom is 0.387 e. The first kappa shape index (κ1) is 21.1. The normalized spacial score (nSPS) is 12.0. The van der Waals surface area contributed by atoms with Crippen LogP contribution in [0.15, 0.2) is 12.1 Å². The summed E-state index contributed by atoms with van der Waals surface area (Å²) in [6.45, 7) is -4.61. The highest BCUT2D eigenvalue weighted by molar-refractivity contribution is 5.96. The molecule has 0 N–H and O–H groups in total. The van der Waals surface area contributed by atoms with E-state index < -0.39 is 64.8 Å². The highest BCUT2D eigenvalue weighted by Gasteiger charge is 2.43. The third-order valence-electron chi connectivity index (χ3n) is 3.31. The van der Waals surface area contributed by atoms with Gasteiger partial charge in [-0.3, -0.25) is 19.7 Å². The third kappa shape index (κ3) is 5.04. The monoisotopic (exact) mass is 383 g/mol. The summed E-state index contributed by atoms with van der Waals surface area (Å²) in [5, 5.41) is 10.9. The quantitative estimate of drug-likeness (QED) is 0.222. The number of alkyl halides is 2. The number of methoxy groups -OCH3 is 2. The Kier molecular flexibility index (Phi) is 7.28. The Hall–Kier alpha value is -2.92. The van der Waals surface area contributed by atoms with E-state index in [0.717, 1.165) is 14.2 Å². The lowest BCUT2D eigenvalue weighted by atomic mass is 9.85. The smallest absolute Gasteiger partial charge is 0.387 e. The van der Waals surface area contributed by atoms with E-state index in [-0.39, 0.29) is 0 Å². The summed E-state index contributed by atoms with van der Waals surface area (Å²) in [5.74, 6) is -10.6. The van der Waals surface area contributed by atoms with Gasteiger partial charge >= 0.3 is 18.6 Å². The molecule has 0 aliphatic rings. The molecule has 0 aliphatic carbocycles. The van der Waals surface area contributed by atoms with Crippen LogP contribution in [0.1, 0.15) is 11.5 Å². The van der Waals surface area contributed by atoms with Crippen molar-refractivity contribution in [3.8, 4) is 5.75 Å². The summed E-state index contributed by atoms with van der Waals surface area (Å²) in [6.07, 6.45) is 0. The van der Waals surface area contributed by atoms with Crippen molar-refractivity contribution in [2.75, 3.05) is 20.8 Å². The summed E-state index contributed by atoms with van der Waals surface area (Å²) in [6, 6.07) is 0.701. The minimum absolute atomic E-state index is 0.350. The molecule has 26 heavy (non-hydrogen) atoms. The summed E-state index contributed by atoms with van der Waals surface area (Å²) in [4.78, 5) is 33.5. The van der Waals surface area contributed by atoms with Crippen molar-refractivity contribution >= 4 is 11.9 Å². The van der Waals surface area contributed by atoms with Crippen molar-refractivity contribution in [1.82, 2.24) is 0 Å². The molecule has 0 saturated carbocycles. The number of esters is 2. The molecule has 1 rings (SSSR count). The van der Waals surface area contributed by atoms with Gasteiger partial charge in [-0.15, -0.1) is 0 Å². The van der Waals surface area contributed by atoms with Crippen molar-refractivity contribution in [2.45, 2.75) is 12.5 Å². The van der Waals surface area contributed by atoms with Crippen LogP contribution in [0.2, 0.25) is 0 Å². The van der Waals surface area contributed by atoms with Gasteiger partial charge in [0.2, 0.25) is 6.54 Å². The average Bonchev–Trinajstić information content (AvgIpc) is 2.52. The Balaban J connectivity index is 3.51. The van der Waals surface area contributed by atoms with E-state index in [1.165, 1.54) is 0 Å². The molecule has 0 bridgehead atoms. The number of halogens is 4. The van der Waals surface area contributed by atoms with Gasteiger partial charge in [0.05, 0.1) is 20.1 Å². The number of benzene rings is 1. The summed E-state index contributed by atoms with van der Waals surface area (Å²) in [5.41, 5.74) is -1.04. The second kappa shape index (κ2) is 8.97. The van der Waals surface area contributed by atoms with Gasteiger partial charge in [-0.2, -0.15) is 8.78 Å². The van der Waals surface area contributed by atoms with E-state index in [1.807, 2.05) is 0 Å². The molecule has 0 fully saturated rings. The zero-order valence-corrected chi connectivity index (χ0v) is 13.4. The van der Waals surface area contributed by atoms with Crippen molar-refractivity contribution in [3.05, 3.63) is 39.4 Å². The van der Waals surface area contributed by atoms with E-state index >= 15 is 0 Å². The predicted molar refractivity (Wildman–Crippen MR) is 75.1 cm³/mol. The molecule has 1 atom stereocenters. The molecule has 0 spiro atoms. The van der Waals surface area contributed by atoms with E-state index in [9.17, 15) is 37.3 Å². The Morgan fingerprint density at radius 2 is 1.58 bits per heavy atom. The average molecular weight is 383 g/mol. The van der Waals surface area contributed by atoms with Crippen LogP contribution in [-0.4, -0.2) is 44.2 Å². The van der Waals surface area contributed by atoms with Crippen LogP contribution >= 0.6 is 0 Å². The molecular formula is C14H13F4NO7. The highest BCUT2D eigenvalue weighted by atomic mass is 19.3. The lowest BCUT2D eigenvalue weighted by molar-refractivity contribution is -0.484. The fraction of sp³-hybridized carbons (Fsp3) is 0.429. The number of rotatable bonds is 8. The Bertz CT molecular complexity index is 659. The molecule has 0 amide bonds. The first-order valence-electron chi connectivity index (χ1n) is 6.83. The first-order valence-corrected chi connectivity index (χ1v) is 6.83. The maximum absolute atomic E-state index is 14.3. The van der Waals surface area contributed by atoms with Crippen molar-refractivity contribution in [3.63, 3.8) is 0 Å². The van der Waals surface area contributed by atoms with Crippen LogP contribution in [0.3, 0.4) is 0 Å². The van der Waals surface area contributed by atoms with Gasteiger partial charge in [-0.1, -0.05) is 0 Å². The van der Waals surface area contributed by atoms with Gasteiger partial charge in [0.15, 0.2) is 5.92 Å². The van der Waals surface area contributed by atoms with E-state index in [1.54, 1.807) is 0 Å². The number of carbonyl (C=O) groups is 2. The summed E-state index contributed by atoms with van der Waals surface area (Å²) >= 11 is 0. The van der Waals surface area contributed by atoms with Gasteiger partial charge in [0.25, 0.3) is 0 Å². The zero-order valence-electron chi connectivity index (χ0n) is 13.4. The van der Waals surface area contributed by atoms with Crippen molar-refractivity contribution < 1.29 is 46.3 Å². The molecular weight excluding hydrogens is 370 g/mol. The molecule has 0 saturated heterocycles. The Morgan fingerprint density at radius 1 is 1.12 bits per heavy atom. The van der Waals surface area contributed by atoms with E-state index in [0.29, 0.717) is 12.1 Å². The maximum atomic E-state index is 14.3. The number of hydrogen-bond donors (Lipinski definition) is 0. The van der Waals surface area contributed by atoms with Gasteiger partial charge in [-0.05, 0) is 0 Å². The minimum Gasteiger partial charge on any atom is -0.468 e. The van der Waals surface area contributed by atoms with Crippen LogP contribution in [0, 0.1) is 27.7 Å². The van der Waals surface area contributed by atoms with Crippen LogP contribution in [0.5, 0.6) is 5.75 Å². The highest BCUT2D eigenvalue weighted by Crippen LogP contribution is 2.34. The molecule has 1 aromatic rings. The van der Waals surface area contributed by atoms with Crippen LogP contribution in [0.4, 0.5) is 17.6 Å². The number of ether oxygens (including phenoxy) is 3. The minimum atomic E-state index is -3.37. The molecule has 1 aromatic carbocycles. The standard InChI is InChI=1S/C14H13F4NO7/c1-24-12(20)11(13(21)25-2)7(5-19(22)23)10-8(15)3-6(4-9(10)16)26-14(17)18/h3-4,7,11,14H,5H2,1-2H3/t7-/m0/s1. The SMILES string of the molecule is COC(=O)C(C(=O)OC)[C@@H](C[N+](=O)[O-])c1c(F)cc(OC(F)F)cc1F. The molecule has 0 aromatic heterocycles. The van der Waals surface area contributed by atoms with E-state index in [4.69, 9.17) is 0 Å². The molecule has 0 unspecified atom stereocenters. The van der Waals surface area contributed by atoms with Gasteiger partial charge in [-0.25, -0.2) is 8.78 Å². The summed E-state index contributed by atoms with van der Waals surface area (Å²) < 4.78 is 65.4. The zero-order chi connectivity index (χ0) is 20.0. The Labute approximate surface area is 143 Å². The molecule has 144 valence electrons. The van der Waals surface area contributed by atoms with Crippen LogP contribution in [-0.2, 0) is 19.1 Å². The van der Waals surface area contributed by atoms with Crippen LogP contribution in [0.25, 0.3) is 0 Å². The largest absolute Gasteiger partial charge is 0.468 e. The predicted octanol–water partition coefficient (Wildman–Crippen LogP) is 1.89. The fourth-order valence-corrected chi connectivity index (χ4v) is 2.29. The number of nitrogens with zero attached hydrogens (tertiary/aromatic N) is 1. The van der Waals surface area contributed by atoms with Crippen molar-refractivity contribution in [2.24, 2.45) is 5.92 Å². The number of nitro groups is 1. The molecule has 0 radical (unpaired) electrons. The molecule has 0 aliphatic heterocycles. The van der Waals surface area contributed by atoms with Gasteiger partial charge < -0.3 is 14.2 Å². The molecule has 8 nitrogen and oxygen atoms in total. The molecule has 0 heterocycles. The number of hydrogen-bond acceptors (Lipinski definition) is 7. The van der Waals surface area contributed by atoms with Gasteiger partial charge in [0.1, 0.15) is 17.4 Å². The Morgan fingerprint density at radius 3 is 1.92 bits per heavy atom. The van der Waals surface area contributed by atoms with E-state index in [2.05, 4.69) is 14.2 Å². The third-order valence-corrected chi connectivity index (χ3v) is 3.31. The van der Waals surface area contributed by atoms with Crippen LogP contribution < -0.4 is 4.74 Å². The lowest BCUT2D eigenvalue weighted by Crippen LogP contribution is -2.36. The first-order chi connectivity index (χ1) is 12.1. The fourth-order valence-electron chi connectivity index (χ4n) is 2.29. The summed E-state index contributed by atoms with van der Waals surface area (Å²) in [7, 11) is 1.71. The topological polar surface area (TPSA) is 105 Å². The van der Waals surface area contributed by atoms with Gasteiger partial charge in [0, 0.05) is 22.6 Å². The second-order valence-electron chi connectivity index (χ2n) is 4.82. The lowest BCUT2D eigenvalue weighted by Gasteiger charge is -2.22. The van der Waals surface area contributed by atoms with Crippen molar-refractivity contribution in [1.29, 1.82) is 0 Å².